The second kappa shape index (κ2) is 4.97. The number of carbonyl (C=O) groups excluding carboxylic acids is 1. The number of furan rings is 1. The molecule has 0 amide bonds. The number of hydrogen-bond acceptors (Lipinski definition) is 4. The molecule has 72 valence electrons. The summed E-state index contributed by atoms with van der Waals surface area (Å²) in [4.78, 5) is 11.0. The molecule has 1 aromatic heterocycles. The highest BCUT2D eigenvalue weighted by Gasteiger charge is 2.13. The summed E-state index contributed by atoms with van der Waals surface area (Å²) in [5.41, 5.74) is 0. The zero-order valence-corrected chi connectivity index (χ0v) is 8.47. The molecule has 1 rings (SSSR count). The van der Waals surface area contributed by atoms with Gasteiger partial charge in [0.15, 0.2) is 0 Å². The van der Waals surface area contributed by atoms with Crippen LogP contribution in [0.3, 0.4) is 0 Å². The Balaban J connectivity index is 2.30. The molecular formula is C9H12O3S. The molecule has 0 aliphatic heterocycles. The zero-order valence-electron chi connectivity index (χ0n) is 7.65. The van der Waals surface area contributed by atoms with Crippen molar-refractivity contribution in [3.8, 4) is 0 Å². The van der Waals surface area contributed by atoms with Gasteiger partial charge in [0.1, 0.15) is 11.0 Å². The molecule has 0 saturated carbocycles. The largest absolute Gasteiger partial charge is 0.468 e. The van der Waals surface area contributed by atoms with Crippen molar-refractivity contribution in [3.05, 3.63) is 24.2 Å². The van der Waals surface area contributed by atoms with E-state index in [0.717, 1.165) is 5.76 Å². The van der Waals surface area contributed by atoms with Gasteiger partial charge in [-0.1, -0.05) is 0 Å². The normalized spacial score (nSPS) is 12.5. The van der Waals surface area contributed by atoms with Gasteiger partial charge in [-0.2, -0.15) is 0 Å². The summed E-state index contributed by atoms with van der Waals surface area (Å²) < 4.78 is 9.72. The minimum atomic E-state index is -0.198. The molecule has 0 aliphatic rings. The van der Waals surface area contributed by atoms with Crippen LogP contribution in [0.25, 0.3) is 0 Å². The van der Waals surface area contributed by atoms with E-state index in [-0.39, 0.29) is 11.2 Å². The fourth-order valence-corrected chi connectivity index (χ4v) is 1.65. The first kappa shape index (κ1) is 10.2. The fraction of sp³-hybridized carbons (Fsp3) is 0.444. The van der Waals surface area contributed by atoms with Crippen molar-refractivity contribution in [1.29, 1.82) is 0 Å². The third kappa shape index (κ3) is 3.14. The summed E-state index contributed by atoms with van der Waals surface area (Å²) in [6, 6.07) is 3.72. The minimum absolute atomic E-state index is 0.143. The first-order valence-corrected chi connectivity index (χ1v) is 5.00. The van der Waals surface area contributed by atoms with Crippen LogP contribution < -0.4 is 0 Å². The maximum Gasteiger partial charge on any atom is 0.318 e. The predicted molar refractivity (Wildman–Crippen MR) is 51.5 cm³/mol. The number of hydrogen-bond donors (Lipinski definition) is 0. The Morgan fingerprint density at radius 1 is 1.77 bits per heavy atom. The van der Waals surface area contributed by atoms with E-state index in [1.54, 1.807) is 6.26 Å². The van der Waals surface area contributed by atoms with Crippen LogP contribution in [0.5, 0.6) is 0 Å². The van der Waals surface area contributed by atoms with Gasteiger partial charge in [-0.3, -0.25) is 4.79 Å². The Kier molecular flexibility index (Phi) is 3.89. The third-order valence-corrected chi connectivity index (χ3v) is 2.73. The summed E-state index contributed by atoms with van der Waals surface area (Å²) in [5.74, 6) is 1.38. The summed E-state index contributed by atoms with van der Waals surface area (Å²) in [7, 11) is 1.40. The number of esters is 1. The molecule has 0 aromatic carbocycles. The average Bonchev–Trinajstić information content (AvgIpc) is 2.65. The molecule has 3 nitrogen and oxygen atoms in total. The lowest BCUT2D eigenvalue weighted by Crippen LogP contribution is -2.14. The summed E-state index contributed by atoms with van der Waals surface area (Å²) in [6.07, 6.45) is 1.62. The van der Waals surface area contributed by atoms with Crippen molar-refractivity contribution >= 4 is 17.7 Å². The maximum absolute atomic E-state index is 11.0. The lowest BCUT2D eigenvalue weighted by molar-refractivity contribution is -0.139. The van der Waals surface area contributed by atoms with Gasteiger partial charge in [-0.25, -0.2) is 0 Å². The maximum atomic E-state index is 11.0. The molecule has 1 aromatic rings. The van der Waals surface area contributed by atoms with Crippen LogP contribution in [0.4, 0.5) is 0 Å². The van der Waals surface area contributed by atoms with Crippen molar-refractivity contribution in [2.75, 3.05) is 7.11 Å². The van der Waals surface area contributed by atoms with E-state index in [2.05, 4.69) is 4.74 Å². The molecule has 0 bridgehead atoms. The van der Waals surface area contributed by atoms with Gasteiger partial charge in [-0.05, 0) is 19.1 Å². The van der Waals surface area contributed by atoms with Crippen molar-refractivity contribution in [1.82, 2.24) is 0 Å². The SMILES string of the molecule is COC(=O)C(C)SCc1ccco1. The number of ether oxygens (including phenoxy) is 1. The lowest BCUT2D eigenvalue weighted by Gasteiger charge is -2.06. The second-order valence-electron chi connectivity index (χ2n) is 2.56. The molecule has 1 atom stereocenters. The van der Waals surface area contributed by atoms with E-state index in [4.69, 9.17) is 4.42 Å². The summed E-state index contributed by atoms with van der Waals surface area (Å²) >= 11 is 1.50. The van der Waals surface area contributed by atoms with Gasteiger partial charge in [0, 0.05) is 0 Å². The van der Waals surface area contributed by atoms with Crippen LogP contribution in [0.1, 0.15) is 12.7 Å². The fourth-order valence-electron chi connectivity index (χ4n) is 0.836. The van der Waals surface area contributed by atoms with Crippen molar-refractivity contribution < 1.29 is 13.9 Å². The lowest BCUT2D eigenvalue weighted by atomic mass is 10.5. The molecule has 0 N–H and O–H groups in total. The Morgan fingerprint density at radius 3 is 3.08 bits per heavy atom. The van der Waals surface area contributed by atoms with Gasteiger partial charge >= 0.3 is 5.97 Å². The highest BCUT2D eigenvalue weighted by atomic mass is 32.2. The van der Waals surface area contributed by atoms with E-state index in [9.17, 15) is 4.79 Å². The van der Waals surface area contributed by atoms with E-state index in [1.807, 2.05) is 19.1 Å². The van der Waals surface area contributed by atoms with Crippen LogP contribution in [-0.2, 0) is 15.3 Å². The summed E-state index contributed by atoms with van der Waals surface area (Å²) in [5, 5.41) is -0.143. The molecule has 1 heterocycles. The standard InChI is InChI=1S/C9H12O3S/c1-7(9(10)11-2)13-6-8-4-3-5-12-8/h3-5,7H,6H2,1-2H3. The molecule has 0 saturated heterocycles. The smallest absolute Gasteiger partial charge is 0.318 e. The first-order valence-electron chi connectivity index (χ1n) is 3.96. The third-order valence-electron chi connectivity index (χ3n) is 1.59. The molecule has 0 fully saturated rings. The van der Waals surface area contributed by atoms with Gasteiger partial charge in [0.25, 0.3) is 0 Å². The predicted octanol–water partition coefficient (Wildman–Crippen LogP) is 2.07. The molecule has 4 heteroatoms. The average molecular weight is 200 g/mol. The molecular weight excluding hydrogens is 188 g/mol. The first-order chi connectivity index (χ1) is 6.24. The summed E-state index contributed by atoms with van der Waals surface area (Å²) in [6.45, 7) is 1.82. The number of methoxy groups -OCH3 is 1. The quantitative estimate of drug-likeness (QED) is 0.697. The van der Waals surface area contributed by atoms with Crippen LogP contribution in [0, 0.1) is 0 Å². The van der Waals surface area contributed by atoms with Crippen molar-refractivity contribution in [2.45, 2.75) is 17.9 Å². The number of thioether (sulfide) groups is 1. The molecule has 0 spiro atoms. The Hall–Kier alpha value is -0.900. The topological polar surface area (TPSA) is 39.4 Å². The van der Waals surface area contributed by atoms with Crippen molar-refractivity contribution in [3.63, 3.8) is 0 Å². The van der Waals surface area contributed by atoms with E-state index >= 15 is 0 Å². The number of carbonyl (C=O) groups is 1. The number of rotatable bonds is 4. The van der Waals surface area contributed by atoms with E-state index in [0.29, 0.717) is 5.75 Å². The Morgan fingerprint density at radius 2 is 2.54 bits per heavy atom. The van der Waals surface area contributed by atoms with Crippen LogP contribution in [0.15, 0.2) is 22.8 Å². The monoisotopic (exact) mass is 200 g/mol. The Bertz CT molecular complexity index is 256. The van der Waals surface area contributed by atoms with Gasteiger partial charge in [0.2, 0.25) is 0 Å². The molecule has 0 radical (unpaired) electrons. The van der Waals surface area contributed by atoms with Gasteiger partial charge in [-0.15, -0.1) is 11.8 Å². The zero-order chi connectivity index (χ0) is 9.68. The van der Waals surface area contributed by atoms with Gasteiger partial charge < -0.3 is 9.15 Å². The van der Waals surface area contributed by atoms with Crippen LogP contribution in [0.2, 0.25) is 0 Å². The van der Waals surface area contributed by atoms with E-state index < -0.39 is 0 Å². The molecule has 1 unspecified atom stereocenters. The van der Waals surface area contributed by atoms with E-state index in [1.165, 1.54) is 18.9 Å². The second-order valence-corrected chi connectivity index (χ2v) is 3.88. The molecule has 13 heavy (non-hydrogen) atoms. The van der Waals surface area contributed by atoms with Crippen LogP contribution >= 0.6 is 11.8 Å². The van der Waals surface area contributed by atoms with Gasteiger partial charge in [0.05, 0.1) is 19.1 Å². The van der Waals surface area contributed by atoms with Crippen molar-refractivity contribution in [2.24, 2.45) is 0 Å². The molecule has 0 aliphatic carbocycles. The van der Waals surface area contributed by atoms with Crippen LogP contribution in [-0.4, -0.2) is 18.3 Å². The Labute approximate surface area is 81.4 Å². The highest BCUT2D eigenvalue weighted by molar-refractivity contribution is 7.99. The highest BCUT2D eigenvalue weighted by Crippen LogP contribution is 2.18. The minimum Gasteiger partial charge on any atom is -0.468 e.